The third-order valence-corrected chi connectivity index (χ3v) is 5.42. The second kappa shape index (κ2) is 8.33. The van der Waals surface area contributed by atoms with Gasteiger partial charge in [0.2, 0.25) is 10.0 Å². The lowest BCUT2D eigenvalue weighted by atomic mass is 10.2. The van der Waals surface area contributed by atoms with Crippen molar-refractivity contribution in [1.82, 2.24) is 4.31 Å². The van der Waals surface area contributed by atoms with Crippen LogP contribution >= 0.6 is 0 Å². The van der Waals surface area contributed by atoms with Crippen LogP contribution in [0.4, 0.5) is 5.69 Å². The van der Waals surface area contributed by atoms with Gasteiger partial charge >= 0.3 is 0 Å². The molecule has 140 valence electrons. The molecule has 1 amide bonds. The van der Waals surface area contributed by atoms with E-state index in [4.69, 9.17) is 4.74 Å². The van der Waals surface area contributed by atoms with E-state index in [9.17, 15) is 13.2 Å². The van der Waals surface area contributed by atoms with E-state index in [-0.39, 0.29) is 10.8 Å². The Balaban J connectivity index is 2.03. The van der Waals surface area contributed by atoms with Crippen LogP contribution in [0.5, 0.6) is 5.75 Å². The zero-order valence-corrected chi connectivity index (χ0v) is 16.2. The second-order valence-electron chi connectivity index (χ2n) is 6.50. The van der Waals surface area contributed by atoms with Gasteiger partial charge in [0, 0.05) is 25.3 Å². The van der Waals surface area contributed by atoms with Crippen molar-refractivity contribution < 1.29 is 17.9 Å². The molecule has 2 aromatic rings. The van der Waals surface area contributed by atoms with Crippen LogP contribution in [0.3, 0.4) is 0 Å². The number of ether oxygens (including phenoxy) is 1. The number of amides is 1. The minimum absolute atomic E-state index is 0.173. The Bertz CT molecular complexity index is 842. The summed E-state index contributed by atoms with van der Waals surface area (Å²) in [5.41, 5.74) is 1.01. The van der Waals surface area contributed by atoms with Gasteiger partial charge in [-0.2, -0.15) is 0 Å². The first-order valence-corrected chi connectivity index (χ1v) is 9.71. The average molecular weight is 376 g/mol. The summed E-state index contributed by atoms with van der Waals surface area (Å²) in [4.78, 5) is 12.5. The van der Waals surface area contributed by atoms with Crippen LogP contribution < -0.4 is 10.1 Å². The van der Waals surface area contributed by atoms with Crippen LogP contribution in [-0.4, -0.2) is 39.3 Å². The summed E-state index contributed by atoms with van der Waals surface area (Å²) in [5.74, 6) is 0.870. The predicted octanol–water partition coefficient (Wildman–Crippen LogP) is 3.22. The van der Waals surface area contributed by atoms with Crippen molar-refractivity contribution in [3.8, 4) is 5.75 Å². The number of rotatable bonds is 7. The van der Waals surface area contributed by atoms with Gasteiger partial charge in [-0.25, -0.2) is 12.7 Å². The topological polar surface area (TPSA) is 75.7 Å². The van der Waals surface area contributed by atoms with Crippen LogP contribution in [0.15, 0.2) is 53.4 Å². The lowest BCUT2D eigenvalue weighted by Crippen LogP contribution is -2.22. The van der Waals surface area contributed by atoms with Gasteiger partial charge in [0.15, 0.2) is 0 Å². The Morgan fingerprint density at radius 1 is 1.04 bits per heavy atom. The minimum Gasteiger partial charge on any atom is -0.493 e. The monoisotopic (exact) mass is 376 g/mol. The molecule has 7 heteroatoms. The summed E-state index contributed by atoms with van der Waals surface area (Å²) in [6, 6.07) is 12.9. The molecular formula is C19H24N2O4S. The highest BCUT2D eigenvalue weighted by Gasteiger charge is 2.16. The lowest BCUT2D eigenvalue weighted by molar-refractivity contribution is 0.102. The van der Waals surface area contributed by atoms with E-state index in [1.54, 1.807) is 36.4 Å². The molecule has 0 saturated heterocycles. The van der Waals surface area contributed by atoms with Crippen molar-refractivity contribution in [1.29, 1.82) is 0 Å². The number of hydrogen-bond donors (Lipinski definition) is 1. The van der Waals surface area contributed by atoms with E-state index in [1.165, 1.54) is 26.2 Å². The van der Waals surface area contributed by atoms with Crippen molar-refractivity contribution in [2.75, 3.05) is 26.0 Å². The highest BCUT2D eigenvalue weighted by molar-refractivity contribution is 7.89. The van der Waals surface area contributed by atoms with Crippen LogP contribution in [-0.2, 0) is 10.0 Å². The maximum atomic E-state index is 12.3. The SMILES string of the molecule is CC(C)COc1ccc(C(=O)Nc2ccc(S(=O)(=O)N(C)C)cc2)cc1. The highest BCUT2D eigenvalue weighted by Crippen LogP contribution is 2.18. The molecule has 0 heterocycles. The molecule has 2 aromatic carbocycles. The molecule has 0 aromatic heterocycles. The van der Waals surface area contributed by atoms with Gasteiger partial charge in [0.25, 0.3) is 5.91 Å². The van der Waals surface area contributed by atoms with E-state index in [1.807, 2.05) is 0 Å². The first-order chi connectivity index (χ1) is 12.2. The van der Waals surface area contributed by atoms with E-state index < -0.39 is 10.0 Å². The molecule has 0 atom stereocenters. The van der Waals surface area contributed by atoms with Gasteiger partial charge in [-0.3, -0.25) is 4.79 Å². The summed E-state index contributed by atoms with van der Waals surface area (Å²) in [6.45, 7) is 4.75. The number of sulfonamides is 1. The number of nitrogens with zero attached hydrogens (tertiary/aromatic N) is 1. The largest absolute Gasteiger partial charge is 0.493 e. The minimum atomic E-state index is -3.48. The molecule has 1 N–H and O–H groups in total. The summed E-state index contributed by atoms with van der Waals surface area (Å²) < 4.78 is 30.8. The molecule has 6 nitrogen and oxygen atoms in total. The third kappa shape index (κ3) is 5.06. The molecule has 0 aliphatic carbocycles. The van der Waals surface area contributed by atoms with Crippen LogP contribution in [0.1, 0.15) is 24.2 Å². The molecule has 26 heavy (non-hydrogen) atoms. The molecule has 0 spiro atoms. The zero-order chi connectivity index (χ0) is 19.3. The average Bonchev–Trinajstić information content (AvgIpc) is 2.60. The smallest absolute Gasteiger partial charge is 0.255 e. The number of nitrogens with one attached hydrogen (secondary N) is 1. The normalized spacial score (nSPS) is 11.6. The molecular weight excluding hydrogens is 352 g/mol. The van der Waals surface area contributed by atoms with Crippen LogP contribution in [0.2, 0.25) is 0 Å². The van der Waals surface area contributed by atoms with E-state index >= 15 is 0 Å². The highest BCUT2D eigenvalue weighted by atomic mass is 32.2. The van der Waals surface area contributed by atoms with Gasteiger partial charge in [-0.1, -0.05) is 13.8 Å². The van der Waals surface area contributed by atoms with Crippen LogP contribution in [0, 0.1) is 5.92 Å². The Labute approximate surface area is 154 Å². The maximum Gasteiger partial charge on any atom is 0.255 e. The lowest BCUT2D eigenvalue weighted by Gasteiger charge is -2.12. The second-order valence-corrected chi connectivity index (χ2v) is 8.65. The zero-order valence-electron chi connectivity index (χ0n) is 15.4. The molecule has 0 bridgehead atoms. The Kier molecular flexibility index (Phi) is 6.39. The van der Waals surface area contributed by atoms with E-state index in [0.717, 1.165) is 4.31 Å². The van der Waals surface area contributed by atoms with Crippen molar-refractivity contribution in [2.24, 2.45) is 5.92 Å². The number of carbonyl (C=O) groups is 1. The predicted molar refractivity (Wildman–Crippen MR) is 102 cm³/mol. The number of anilines is 1. The fourth-order valence-electron chi connectivity index (χ4n) is 2.09. The van der Waals surface area contributed by atoms with Gasteiger partial charge in [-0.15, -0.1) is 0 Å². The molecule has 0 unspecified atom stereocenters. The Morgan fingerprint density at radius 3 is 2.12 bits per heavy atom. The summed E-state index contributed by atoms with van der Waals surface area (Å²) >= 11 is 0. The molecule has 2 rings (SSSR count). The molecule has 0 aliphatic heterocycles. The summed E-state index contributed by atoms with van der Waals surface area (Å²) in [6.07, 6.45) is 0. The van der Waals surface area contributed by atoms with Crippen molar-refractivity contribution in [3.63, 3.8) is 0 Å². The van der Waals surface area contributed by atoms with Crippen molar-refractivity contribution in [2.45, 2.75) is 18.7 Å². The molecule has 0 radical (unpaired) electrons. The molecule has 0 fully saturated rings. The van der Waals surface area contributed by atoms with Crippen molar-refractivity contribution >= 4 is 21.6 Å². The van der Waals surface area contributed by atoms with Crippen molar-refractivity contribution in [3.05, 3.63) is 54.1 Å². The fraction of sp³-hybridized carbons (Fsp3) is 0.316. The number of benzene rings is 2. The van der Waals surface area contributed by atoms with Gasteiger partial charge < -0.3 is 10.1 Å². The standard InChI is InChI=1S/C19H24N2O4S/c1-14(2)13-25-17-9-5-15(6-10-17)19(22)20-16-7-11-18(12-8-16)26(23,24)21(3)4/h5-12,14H,13H2,1-4H3,(H,20,22). The fourth-order valence-corrected chi connectivity index (χ4v) is 2.99. The first kappa shape index (κ1) is 19.9. The van der Waals surface area contributed by atoms with Gasteiger partial charge in [0.05, 0.1) is 11.5 Å². The van der Waals surface area contributed by atoms with E-state index in [2.05, 4.69) is 19.2 Å². The molecule has 0 saturated carbocycles. The third-order valence-electron chi connectivity index (χ3n) is 3.59. The van der Waals surface area contributed by atoms with Crippen LogP contribution in [0.25, 0.3) is 0 Å². The quantitative estimate of drug-likeness (QED) is 0.805. The summed E-state index contributed by atoms with van der Waals surface area (Å²) in [5, 5.41) is 2.75. The number of hydrogen-bond acceptors (Lipinski definition) is 4. The molecule has 0 aliphatic rings. The van der Waals surface area contributed by atoms with Gasteiger partial charge in [0.1, 0.15) is 5.75 Å². The maximum absolute atomic E-state index is 12.3. The Morgan fingerprint density at radius 2 is 1.62 bits per heavy atom. The van der Waals surface area contributed by atoms with Gasteiger partial charge in [-0.05, 0) is 54.4 Å². The van der Waals surface area contributed by atoms with E-state index in [0.29, 0.717) is 29.5 Å². The first-order valence-electron chi connectivity index (χ1n) is 8.27. The Hall–Kier alpha value is -2.38. The summed E-state index contributed by atoms with van der Waals surface area (Å²) in [7, 11) is -0.540. The number of carbonyl (C=O) groups excluding carboxylic acids is 1.